The third-order valence-electron chi connectivity index (χ3n) is 1.40. The van der Waals surface area contributed by atoms with Gasteiger partial charge < -0.3 is 5.73 Å². The summed E-state index contributed by atoms with van der Waals surface area (Å²) in [6.45, 7) is 0. The van der Waals surface area contributed by atoms with Crippen LogP contribution in [0.25, 0.3) is 0 Å². The average molecular weight is 179 g/mol. The molecule has 0 aromatic heterocycles. The van der Waals surface area contributed by atoms with E-state index in [1.165, 1.54) is 18.3 Å². The van der Waals surface area contributed by atoms with Gasteiger partial charge in [0.25, 0.3) is 5.91 Å². The summed E-state index contributed by atoms with van der Waals surface area (Å²) in [4.78, 5) is 11.0. The van der Waals surface area contributed by atoms with Crippen molar-refractivity contribution in [1.82, 2.24) is 5.32 Å². The van der Waals surface area contributed by atoms with Gasteiger partial charge in [0.2, 0.25) is 0 Å². The van der Waals surface area contributed by atoms with Gasteiger partial charge in [-0.1, -0.05) is 0 Å². The standard InChI is InChI=1S/C8H6FN3O/c9-7-2-1-5(11)3-6(7)8(13)12-4-10/h1-3H,11H2,(H,12,13). The second-order valence-corrected chi connectivity index (χ2v) is 2.31. The molecule has 5 heteroatoms. The van der Waals surface area contributed by atoms with E-state index in [9.17, 15) is 9.18 Å². The molecule has 0 heterocycles. The first-order chi connectivity index (χ1) is 6.15. The fourth-order valence-electron chi connectivity index (χ4n) is 0.835. The van der Waals surface area contributed by atoms with Gasteiger partial charge >= 0.3 is 0 Å². The van der Waals surface area contributed by atoms with Crippen molar-refractivity contribution in [2.24, 2.45) is 0 Å². The molecule has 0 fully saturated rings. The predicted molar refractivity (Wildman–Crippen MR) is 43.9 cm³/mol. The van der Waals surface area contributed by atoms with Gasteiger partial charge in [-0.3, -0.25) is 10.1 Å². The molecule has 3 N–H and O–H groups in total. The fraction of sp³-hybridized carbons (Fsp3) is 0. The highest BCUT2D eigenvalue weighted by atomic mass is 19.1. The number of hydrogen-bond acceptors (Lipinski definition) is 3. The van der Waals surface area contributed by atoms with E-state index in [-0.39, 0.29) is 11.3 Å². The first-order valence-electron chi connectivity index (χ1n) is 3.39. The van der Waals surface area contributed by atoms with Crippen molar-refractivity contribution >= 4 is 11.6 Å². The van der Waals surface area contributed by atoms with Crippen LogP contribution in [0.4, 0.5) is 10.1 Å². The van der Waals surface area contributed by atoms with Gasteiger partial charge in [-0.25, -0.2) is 4.39 Å². The van der Waals surface area contributed by atoms with Gasteiger partial charge in [0, 0.05) is 5.69 Å². The van der Waals surface area contributed by atoms with Crippen LogP contribution < -0.4 is 11.1 Å². The lowest BCUT2D eigenvalue weighted by molar-refractivity contribution is 0.0969. The molecule has 4 nitrogen and oxygen atoms in total. The molecular weight excluding hydrogens is 173 g/mol. The number of amides is 1. The smallest absolute Gasteiger partial charge is 0.267 e. The molecule has 1 amide bonds. The van der Waals surface area contributed by atoms with E-state index in [1.807, 2.05) is 0 Å². The Morgan fingerprint density at radius 3 is 2.92 bits per heavy atom. The second-order valence-electron chi connectivity index (χ2n) is 2.31. The summed E-state index contributed by atoms with van der Waals surface area (Å²) in [7, 11) is 0. The number of carbonyl (C=O) groups is 1. The minimum atomic E-state index is -0.799. The maximum atomic E-state index is 12.9. The molecule has 0 aliphatic rings. The Morgan fingerprint density at radius 1 is 1.62 bits per heavy atom. The summed E-state index contributed by atoms with van der Waals surface area (Å²) >= 11 is 0. The van der Waals surface area contributed by atoms with Gasteiger partial charge in [0.05, 0.1) is 5.56 Å². The SMILES string of the molecule is N#CNC(=O)c1cc(N)ccc1F. The van der Waals surface area contributed by atoms with E-state index in [4.69, 9.17) is 11.0 Å². The lowest BCUT2D eigenvalue weighted by atomic mass is 10.2. The first kappa shape index (κ1) is 9.00. The normalized spacial score (nSPS) is 8.92. The molecule has 1 aromatic carbocycles. The monoisotopic (exact) mass is 179 g/mol. The van der Waals surface area contributed by atoms with Crippen molar-refractivity contribution in [3.05, 3.63) is 29.6 Å². The van der Waals surface area contributed by atoms with Crippen LogP contribution in [0.3, 0.4) is 0 Å². The topological polar surface area (TPSA) is 78.9 Å². The van der Waals surface area contributed by atoms with Gasteiger partial charge in [-0.15, -0.1) is 0 Å². The molecule has 1 rings (SSSR count). The number of nitriles is 1. The Labute approximate surface area is 73.8 Å². The minimum absolute atomic E-state index is 0.235. The van der Waals surface area contributed by atoms with Crippen LogP contribution in [0, 0.1) is 17.3 Å². The zero-order valence-corrected chi connectivity index (χ0v) is 6.54. The zero-order valence-electron chi connectivity index (χ0n) is 6.54. The second kappa shape index (κ2) is 3.54. The average Bonchev–Trinajstić information content (AvgIpc) is 2.09. The molecule has 0 atom stereocenters. The Hall–Kier alpha value is -2.09. The number of halogens is 1. The van der Waals surface area contributed by atoms with Crippen LogP contribution in [0.1, 0.15) is 10.4 Å². The van der Waals surface area contributed by atoms with E-state index in [2.05, 4.69) is 0 Å². The lowest BCUT2D eigenvalue weighted by Gasteiger charge is -2.00. The van der Waals surface area contributed by atoms with E-state index in [0.29, 0.717) is 0 Å². The van der Waals surface area contributed by atoms with Gasteiger partial charge in [-0.2, -0.15) is 5.26 Å². The molecule has 0 spiro atoms. The zero-order chi connectivity index (χ0) is 9.84. The molecule has 0 aliphatic carbocycles. The Kier molecular flexibility index (Phi) is 2.45. The predicted octanol–water partition coefficient (Wildman–Crippen LogP) is 0.619. The minimum Gasteiger partial charge on any atom is -0.399 e. The summed E-state index contributed by atoms with van der Waals surface area (Å²) < 4.78 is 12.9. The van der Waals surface area contributed by atoms with E-state index < -0.39 is 11.7 Å². The van der Waals surface area contributed by atoms with Crippen LogP contribution in [-0.4, -0.2) is 5.91 Å². The number of anilines is 1. The van der Waals surface area contributed by atoms with E-state index in [0.717, 1.165) is 6.07 Å². The number of benzene rings is 1. The third kappa shape index (κ3) is 1.93. The third-order valence-corrected chi connectivity index (χ3v) is 1.40. The van der Waals surface area contributed by atoms with Gasteiger partial charge in [-0.05, 0) is 18.2 Å². The van der Waals surface area contributed by atoms with Crippen molar-refractivity contribution in [2.75, 3.05) is 5.73 Å². The number of rotatable bonds is 1. The highest BCUT2D eigenvalue weighted by Crippen LogP contribution is 2.11. The molecule has 1 aromatic rings. The fourth-order valence-corrected chi connectivity index (χ4v) is 0.835. The Bertz CT molecular complexity index is 383. The molecular formula is C8H6FN3O. The van der Waals surface area contributed by atoms with Crippen LogP contribution in [0.2, 0.25) is 0 Å². The number of nitrogens with zero attached hydrogens (tertiary/aromatic N) is 1. The van der Waals surface area contributed by atoms with Crippen LogP contribution >= 0.6 is 0 Å². The number of carbonyl (C=O) groups excluding carboxylic acids is 1. The Balaban J connectivity index is 3.07. The van der Waals surface area contributed by atoms with Gasteiger partial charge in [0.1, 0.15) is 5.82 Å². The van der Waals surface area contributed by atoms with E-state index in [1.54, 1.807) is 5.32 Å². The van der Waals surface area contributed by atoms with Crippen LogP contribution in [0.15, 0.2) is 18.2 Å². The number of nitrogens with one attached hydrogen (secondary N) is 1. The summed E-state index contributed by atoms with van der Waals surface area (Å²) in [6.07, 6.45) is 1.41. The van der Waals surface area contributed by atoms with Crippen molar-refractivity contribution in [3.63, 3.8) is 0 Å². The highest BCUT2D eigenvalue weighted by Gasteiger charge is 2.10. The maximum Gasteiger partial charge on any atom is 0.267 e. The highest BCUT2D eigenvalue weighted by molar-refractivity contribution is 5.96. The molecule has 0 unspecified atom stereocenters. The Morgan fingerprint density at radius 2 is 2.31 bits per heavy atom. The maximum absolute atomic E-state index is 12.9. The molecule has 13 heavy (non-hydrogen) atoms. The van der Waals surface area contributed by atoms with Crippen molar-refractivity contribution in [3.8, 4) is 6.19 Å². The molecule has 0 aliphatic heterocycles. The summed E-state index contributed by atoms with van der Waals surface area (Å²) in [5, 5.41) is 9.92. The van der Waals surface area contributed by atoms with E-state index >= 15 is 0 Å². The molecule has 66 valence electrons. The largest absolute Gasteiger partial charge is 0.399 e. The quantitative estimate of drug-likeness (QED) is 0.376. The number of nitrogen functional groups attached to an aromatic ring is 1. The van der Waals surface area contributed by atoms with Crippen molar-refractivity contribution < 1.29 is 9.18 Å². The molecule has 0 radical (unpaired) electrons. The summed E-state index contributed by atoms with van der Waals surface area (Å²) in [6, 6.07) is 3.57. The summed E-state index contributed by atoms with van der Waals surface area (Å²) in [5.41, 5.74) is 5.37. The lowest BCUT2D eigenvalue weighted by Crippen LogP contribution is -2.18. The number of hydrogen-bond donors (Lipinski definition) is 2. The molecule has 0 saturated carbocycles. The van der Waals surface area contributed by atoms with Crippen molar-refractivity contribution in [1.29, 1.82) is 5.26 Å². The van der Waals surface area contributed by atoms with Crippen molar-refractivity contribution in [2.45, 2.75) is 0 Å². The number of nitrogens with two attached hydrogens (primary N) is 1. The first-order valence-corrected chi connectivity index (χ1v) is 3.39. The van der Waals surface area contributed by atoms with Crippen LogP contribution in [-0.2, 0) is 0 Å². The molecule has 0 bridgehead atoms. The molecule has 0 saturated heterocycles. The van der Waals surface area contributed by atoms with Crippen LogP contribution in [0.5, 0.6) is 0 Å². The van der Waals surface area contributed by atoms with Gasteiger partial charge in [0.15, 0.2) is 6.19 Å². The summed E-state index contributed by atoms with van der Waals surface area (Å²) in [5.74, 6) is -1.51.